The summed E-state index contributed by atoms with van der Waals surface area (Å²) in [6.07, 6.45) is 2.95. The number of aryl methyl sites for hydroxylation is 1. The summed E-state index contributed by atoms with van der Waals surface area (Å²) in [5.41, 5.74) is 2.81. The Morgan fingerprint density at radius 2 is 1.90 bits per heavy atom. The van der Waals surface area contributed by atoms with Gasteiger partial charge in [0.2, 0.25) is 11.8 Å². The van der Waals surface area contributed by atoms with Crippen molar-refractivity contribution < 1.29 is 14.0 Å². The van der Waals surface area contributed by atoms with Gasteiger partial charge in [0.25, 0.3) is 0 Å². The second-order valence-electron chi connectivity index (χ2n) is 6.34. The first-order chi connectivity index (χ1) is 14.0. The number of para-hydroxylation sites is 1. The molecule has 0 bridgehead atoms. The van der Waals surface area contributed by atoms with E-state index in [0.29, 0.717) is 17.4 Å². The molecule has 3 aromatic rings. The van der Waals surface area contributed by atoms with Gasteiger partial charge >= 0.3 is 0 Å². The Bertz CT molecular complexity index is 1060. The Morgan fingerprint density at radius 3 is 2.62 bits per heavy atom. The van der Waals surface area contributed by atoms with Crippen LogP contribution in [-0.4, -0.2) is 16.8 Å². The highest BCUT2D eigenvalue weighted by molar-refractivity contribution is 7.14. The normalized spacial score (nSPS) is 10.9. The SMILES string of the molecule is CC(=O)N(c1nc(/C=C/C(=O)NCc2ccccc2C)cs1)c1ccccc1F. The first kappa shape index (κ1) is 20.4. The van der Waals surface area contributed by atoms with Gasteiger partial charge in [0.15, 0.2) is 5.13 Å². The lowest BCUT2D eigenvalue weighted by molar-refractivity contribution is -0.117. The average molecular weight is 409 g/mol. The number of nitrogens with one attached hydrogen (secondary N) is 1. The molecular weight excluding hydrogens is 389 g/mol. The Kier molecular flexibility index (Phi) is 6.51. The van der Waals surface area contributed by atoms with E-state index >= 15 is 0 Å². The van der Waals surface area contributed by atoms with Crippen LogP contribution >= 0.6 is 11.3 Å². The Labute approximate surface area is 172 Å². The van der Waals surface area contributed by atoms with Crippen molar-refractivity contribution in [2.75, 3.05) is 4.90 Å². The molecule has 2 amide bonds. The molecule has 0 fully saturated rings. The van der Waals surface area contributed by atoms with Crippen LogP contribution in [0.5, 0.6) is 0 Å². The summed E-state index contributed by atoms with van der Waals surface area (Å²) in [6.45, 7) is 3.77. The predicted octanol–water partition coefficient (Wildman–Crippen LogP) is 4.60. The predicted molar refractivity (Wildman–Crippen MR) is 113 cm³/mol. The largest absolute Gasteiger partial charge is 0.348 e. The third kappa shape index (κ3) is 5.14. The number of rotatable bonds is 6. The van der Waals surface area contributed by atoms with Gasteiger partial charge in [0, 0.05) is 24.9 Å². The zero-order chi connectivity index (χ0) is 20.8. The summed E-state index contributed by atoms with van der Waals surface area (Å²) in [5, 5.41) is 4.87. The molecule has 3 rings (SSSR count). The van der Waals surface area contributed by atoms with Crippen molar-refractivity contribution in [1.82, 2.24) is 10.3 Å². The highest BCUT2D eigenvalue weighted by Crippen LogP contribution is 2.30. The van der Waals surface area contributed by atoms with Crippen molar-refractivity contribution in [1.29, 1.82) is 0 Å². The van der Waals surface area contributed by atoms with Gasteiger partial charge in [-0.25, -0.2) is 9.37 Å². The van der Waals surface area contributed by atoms with Gasteiger partial charge in [0.05, 0.1) is 11.4 Å². The Morgan fingerprint density at radius 1 is 1.17 bits per heavy atom. The number of hydrogen-bond donors (Lipinski definition) is 1. The van der Waals surface area contributed by atoms with Gasteiger partial charge in [-0.2, -0.15) is 0 Å². The third-order valence-electron chi connectivity index (χ3n) is 4.23. The maximum absolute atomic E-state index is 14.1. The standard InChI is InChI=1S/C22H20FN3O2S/c1-15-7-3-4-8-17(15)13-24-21(28)12-11-18-14-29-22(25-18)26(16(2)27)20-10-6-5-9-19(20)23/h3-12,14H,13H2,1-2H3,(H,24,28)/b12-11+. The molecule has 0 aliphatic rings. The van der Waals surface area contributed by atoms with Crippen LogP contribution in [0.1, 0.15) is 23.7 Å². The number of amides is 2. The van der Waals surface area contributed by atoms with E-state index in [0.717, 1.165) is 11.1 Å². The van der Waals surface area contributed by atoms with Gasteiger partial charge in [-0.3, -0.25) is 14.5 Å². The maximum atomic E-state index is 14.1. The van der Waals surface area contributed by atoms with E-state index in [2.05, 4.69) is 10.3 Å². The molecule has 0 saturated heterocycles. The summed E-state index contributed by atoms with van der Waals surface area (Å²) >= 11 is 1.20. The number of carbonyl (C=O) groups is 2. The molecule has 1 aromatic heterocycles. The van der Waals surface area contributed by atoms with Gasteiger partial charge in [-0.1, -0.05) is 36.4 Å². The van der Waals surface area contributed by atoms with Crippen LogP contribution in [0.2, 0.25) is 0 Å². The number of nitrogens with zero attached hydrogens (tertiary/aromatic N) is 2. The fraction of sp³-hybridized carbons (Fsp3) is 0.136. The lowest BCUT2D eigenvalue weighted by atomic mass is 10.1. The minimum atomic E-state index is -0.509. The Balaban J connectivity index is 1.69. The molecule has 0 unspecified atom stereocenters. The van der Waals surface area contributed by atoms with E-state index < -0.39 is 5.82 Å². The van der Waals surface area contributed by atoms with E-state index in [1.54, 1.807) is 23.6 Å². The lowest BCUT2D eigenvalue weighted by Crippen LogP contribution is -2.23. The highest BCUT2D eigenvalue weighted by Gasteiger charge is 2.20. The fourth-order valence-corrected chi connectivity index (χ4v) is 3.55. The molecule has 0 spiro atoms. The van der Waals surface area contributed by atoms with Crippen LogP contribution in [0.25, 0.3) is 6.08 Å². The zero-order valence-corrected chi connectivity index (χ0v) is 16.9. The molecule has 0 atom stereocenters. The molecule has 148 valence electrons. The second-order valence-corrected chi connectivity index (χ2v) is 7.17. The van der Waals surface area contributed by atoms with Gasteiger partial charge in [0.1, 0.15) is 5.82 Å². The number of carbonyl (C=O) groups excluding carboxylic acids is 2. The minimum absolute atomic E-state index is 0.140. The minimum Gasteiger partial charge on any atom is -0.348 e. The van der Waals surface area contributed by atoms with Crippen LogP contribution in [0.4, 0.5) is 15.2 Å². The van der Waals surface area contributed by atoms with Crippen molar-refractivity contribution >= 4 is 40.0 Å². The monoisotopic (exact) mass is 409 g/mol. The second kappa shape index (κ2) is 9.25. The van der Waals surface area contributed by atoms with Gasteiger partial charge < -0.3 is 5.32 Å². The number of hydrogen-bond acceptors (Lipinski definition) is 4. The number of thiazole rings is 1. The number of aromatic nitrogens is 1. The van der Waals surface area contributed by atoms with E-state index in [-0.39, 0.29) is 17.5 Å². The van der Waals surface area contributed by atoms with Crippen molar-refractivity contribution in [2.45, 2.75) is 20.4 Å². The number of benzene rings is 2. The van der Waals surface area contributed by atoms with Crippen molar-refractivity contribution in [3.05, 3.63) is 82.6 Å². The average Bonchev–Trinajstić information content (AvgIpc) is 3.15. The number of halogens is 1. The number of anilines is 2. The molecule has 1 heterocycles. The molecule has 2 aromatic carbocycles. The molecule has 0 radical (unpaired) electrons. The highest BCUT2D eigenvalue weighted by atomic mass is 32.1. The van der Waals surface area contributed by atoms with Crippen molar-refractivity contribution in [2.24, 2.45) is 0 Å². The van der Waals surface area contributed by atoms with E-state index in [1.807, 2.05) is 31.2 Å². The van der Waals surface area contributed by atoms with Crippen molar-refractivity contribution in [3.8, 4) is 0 Å². The van der Waals surface area contributed by atoms with E-state index in [4.69, 9.17) is 0 Å². The van der Waals surface area contributed by atoms with E-state index in [1.165, 1.54) is 41.4 Å². The first-order valence-corrected chi connectivity index (χ1v) is 9.85. The van der Waals surface area contributed by atoms with E-state index in [9.17, 15) is 14.0 Å². The van der Waals surface area contributed by atoms with Crippen LogP contribution in [0.3, 0.4) is 0 Å². The summed E-state index contributed by atoms with van der Waals surface area (Å²) in [7, 11) is 0. The molecule has 29 heavy (non-hydrogen) atoms. The van der Waals surface area contributed by atoms with Gasteiger partial charge in [-0.05, 0) is 36.3 Å². The summed E-state index contributed by atoms with van der Waals surface area (Å²) in [6, 6.07) is 13.9. The quantitative estimate of drug-likeness (QED) is 0.605. The smallest absolute Gasteiger partial charge is 0.244 e. The van der Waals surface area contributed by atoms with Gasteiger partial charge in [-0.15, -0.1) is 11.3 Å². The summed E-state index contributed by atoms with van der Waals surface area (Å²) < 4.78 is 14.1. The molecule has 5 nitrogen and oxygen atoms in total. The molecule has 0 saturated carbocycles. The molecular formula is C22H20FN3O2S. The van der Waals surface area contributed by atoms with Crippen LogP contribution < -0.4 is 10.2 Å². The zero-order valence-electron chi connectivity index (χ0n) is 16.1. The van der Waals surface area contributed by atoms with Crippen LogP contribution in [0.15, 0.2) is 60.0 Å². The molecule has 7 heteroatoms. The van der Waals surface area contributed by atoms with Crippen LogP contribution in [0, 0.1) is 12.7 Å². The Hall–Kier alpha value is -3.32. The fourth-order valence-electron chi connectivity index (χ4n) is 2.71. The van der Waals surface area contributed by atoms with Crippen molar-refractivity contribution in [3.63, 3.8) is 0 Å². The molecule has 1 N–H and O–H groups in total. The summed E-state index contributed by atoms with van der Waals surface area (Å²) in [4.78, 5) is 29.7. The summed E-state index contributed by atoms with van der Waals surface area (Å²) in [5.74, 6) is -1.11. The first-order valence-electron chi connectivity index (χ1n) is 8.97. The molecule has 0 aliphatic heterocycles. The topological polar surface area (TPSA) is 62.3 Å². The lowest BCUT2D eigenvalue weighted by Gasteiger charge is -2.18. The molecule has 0 aliphatic carbocycles. The third-order valence-corrected chi connectivity index (χ3v) is 5.07. The maximum Gasteiger partial charge on any atom is 0.244 e. The van der Waals surface area contributed by atoms with Crippen LogP contribution in [-0.2, 0) is 16.1 Å².